The molecule has 0 unspecified atom stereocenters. The van der Waals surface area contributed by atoms with Gasteiger partial charge in [0.2, 0.25) is 0 Å². The van der Waals surface area contributed by atoms with Crippen molar-refractivity contribution in [2.24, 2.45) is 0 Å². The lowest BCUT2D eigenvalue weighted by Gasteiger charge is -2.04. The predicted octanol–water partition coefficient (Wildman–Crippen LogP) is 2.63. The fraction of sp³-hybridized carbons (Fsp3) is 0.700. The van der Waals surface area contributed by atoms with Crippen LogP contribution < -0.4 is 5.32 Å². The Morgan fingerprint density at radius 3 is 2.62 bits per heavy atom. The lowest BCUT2D eigenvalue weighted by Crippen LogP contribution is -2.02. The average molecular weight is 181 g/mol. The fourth-order valence-corrected chi connectivity index (χ4v) is 1.40. The molecule has 0 bridgehead atoms. The number of unbranched alkanes of at least 4 members (excludes halogenated alkanes) is 2. The van der Waals surface area contributed by atoms with Crippen LogP contribution in [0.2, 0.25) is 0 Å². The average Bonchev–Trinajstić information content (AvgIpc) is 2.42. The number of nitrogens with one attached hydrogen (secondary N) is 2. The molecule has 0 amide bonds. The van der Waals surface area contributed by atoms with Crippen LogP contribution in [0.3, 0.4) is 0 Å². The summed E-state index contributed by atoms with van der Waals surface area (Å²) in [7, 11) is 0. The van der Waals surface area contributed by atoms with E-state index < -0.39 is 0 Å². The third-order valence-electron chi connectivity index (χ3n) is 2.21. The molecule has 1 heterocycles. The normalized spacial score (nSPS) is 10.4. The highest BCUT2D eigenvalue weighted by Crippen LogP contribution is 2.15. The molecule has 1 rings (SSSR count). The van der Waals surface area contributed by atoms with E-state index in [1.54, 1.807) is 0 Å². The minimum atomic E-state index is 1.05. The van der Waals surface area contributed by atoms with Crippen LogP contribution in [-0.2, 0) is 0 Å². The molecule has 13 heavy (non-hydrogen) atoms. The zero-order chi connectivity index (χ0) is 9.68. The third-order valence-corrected chi connectivity index (χ3v) is 2.21. The summed E-state index contributed by atoms with van der Waals surface area (Å²) < 4.78 is 0. The molecule has 0 aromatic carbocycles. The number of hydrogen-bond donors (Lipinski definition) is 2. The van der Waals surface area contributed by atoms with Gasteiger partial charge < -0.3 is 5.32 Å². The molecule has 3 nitrogen and oxygen atoms in total. The molecule has 0 saturated heterocycles. The largest absolute Gasteiger partial charge is 0.382 e. The van der Waals surface area contributed by atoms with Gasteiger partial charge in [0, 0.05) is 6.54 Å². The molecule has 2 N–H and O–H groups in total. The topological polar surface area (TPSA) is 40.7 Å². The second-order valence-corrected chi connectivity index (χ2v) is 3.44. The van der Waals surface area contributed by atoms with Crippen LogP contribution in [0, 0.1) is 13.8 Å². The van der Waals surface area contributed by atoms with Gasteiger partial charge in [-0.2, -0.15) is 5.10 Å². The Morgan fingerprint density at radius 2 is 2.08 bits per heavy atom. The number of aromatic amines is 1. The quantitative estimate of drug-likeness (QED) is 0.685. The van der Waals surface area contributed by atoms with Gasteiger partial charge in [-0.3, -0.25) is 5.10 Å². The minimum absolute atomic E-state index is 1.05. The number of hydrogen-bond acceptors (Lipinski definition) is 2. The van der Waals surface area contributed by atoms with Crippen LogP contribution in [0.15, 0.2) is 0 Å². The summed E-state index contributed by atoms with van der Waals surface area (Å²) >= 11 is 0. The summed E-state index contributed by atoms with van der Waals surface area (Å²) in [6.45, 7) is 7.33. The van der Waals surface area contributed by atoms with Gasteiger partial charge >= 0.3 is 0 Å². The molecule has 0 aliphatic heterocycles. The van der Waals surface area contributed by atoms with Gasteiger partial charge in [0.1, 0.15) is 0 Å². The van der Waals surface area contributed by atoms with E-state index >= 15 is 0 Å². The predicted molar refractivity (Wildman–Crippen MR) is 56.1 cm³/mol. The summed E-state index contributed by atoms with van der Waals surface area (Å²) in [5, 5.41) is 10.5. The van der Waals surface area contributed by atoms with Crippen molar-refractivity contribution in [3.8, 4) is 0 Å². The number of rotatable bonds is 5. The summed E-state index contributed by atoms with van der Waals surface area (Å²) in [5.41, 5.74) is 3.37. The Balaban J connectivity index is 2.36. The smallest absolute Gasteiger partial charge is 0.0825 e. The molecule has 0 aliphatic rings. The molecular weight excluding hydrogens is 162 g/mol. The van der Waals surface area contributed by atoms with Crippen molar-refractivity contribution < 1.29 is 0 Å². The maximum absolute atomic E-state index is 4.13. The number of aromatic nitrogens is 2. The van der Waals surface area contributed by atoms with Gasteiger partial charge in [-0.25, -0.2) is 0 Å². The molecule has 1 aromatic heterocycles. The van der Waals surface area contributed by atoms with E-state index in [0.717, 1.165) is 17.9 Å². The fourth-order valence-electron chi connectivity index (χ4n) is 1.40. The minimum Gasteiger partial charge on any atom is -0.382 e. The summed E-state index contributed by atoms with van der Waals surface area (Å²) in [6, 6.07) is 0. The van der Waals surface area contributed by atoms with Crippen molar-refractivity contribution in [3.05, 3.63) is 11.4 Å². The van der Waals surface area contributed by atoms with Gasteiger partial charge in [-0.15, -0.1) is 0 Å². The standard InChI is InChI=1S/C10H19N3/c1-4-5-6-7-11-10-8(2)12-13-9(10)3/h11H,4-7H2,1-3H3,(H,12,13). The molecule has 74 valence electrons. The molecule has 0 aliphatic carbocycles. The number of anilines is 1. The molecule has 0 fully saturated rings. The molecular formula is C10H19N3. The first kappa shape index (κ1) is 10.1. The van der Waals surface area contributed by atoms with Crippen LogP contribution in [0.1, 0.15) is 37.6 Å². The number of aryl methyl sites for hydroxylation is 2. The van der Waals surface area contributed by atoms with E-state index in [1.807, 2.05) is 13.8 Å². The Labute approximate surface area is 79.9 Å². The van der Waals surface area contributed by atoms with Crippen molar-refractivity contribution in [1.82, 2.24) is 10.2 Å². The zero-order valence-corrected chi connectivity index (χ0v) is 8.78. The van der Waals surface area contributed by atoms with Crippen molar-refractivity contribution in [2.75, 3.05) is 11.9 Å². The maximum atomic E-state index is 4.13. The molecule has 1 aromatic rings. The van der Waals surface area contributed by atoms with Crippen molar-refractivity contribution in [2.45, 2.75) is 40.0 Å². The van der Waals surface area contributed by atoms with Crippen molar-refractivity contribution >= 4 is 5.69 Å². The second-order valence-electron chi connectivity index (χ2n) is 3.44. The highest BCUT2D eigenvalue weighted by Gasteiger charge is 2.03. The zero-order valence-electron chi connectivity index (χ0n) is 8.78. The van der Waals surface area contributed by atoms with Crippen molar-refractivity contribution in [3.63, 3.8) is 0 Å². The summed E-state index contributed by atoms with van der Waals surface area (Å²) in [5.74, 6) is 0. The Hall–Kier alpha value is -0.990. The van der Waals surface area contributed by atoms with E-state index in [0.29, 0.717) is 0 Å². The molecule has 0 radical (unpaired) electrons. The second kappa shape index (κ2) is 4.90. The molecule has 0 spiro atoms. The van der Waals surface area contributed by atoms with E-state index in [2.05, 4.69) is 22.4 Å². The lowest BCUT2D eigenvalue weighted by atomic mass is 10.2. The van der Waals surface area contributed by atoms with Crippen LogP contribution in [0.25, 0.3) is 0 Å². The SMILES string of the molecule is CCCCCNc1c(C)n[nH]c1C. The van der Waals surface area contributed by atoms with Gasteiger partial charge in [0.25, 0.3) is 0 Å². The third kappa shape index (κ3) is 2.76. The van der Waals surface area contributed by atoms with Gasteiger partial charge in [-0.05, 0) is 20.3 Å². The van der Waals surface area contributed by atoms with E-state index in [-0.39, 0.29) is 0 Å². The first-order chi connectivity index (χ1) is 6.25. The van der Waals surface area contributed by atoms with Gasteiger partial charge in [0.05, 0.1) is 17.1 Å². The monoisotopic (exact) mass is 181 g/mol. The lowest BCUT2D eigenvalue weighted by molar-refractivity contribution is 0.743. The number of H-pyrrole nitrogens is 1. The summed E-state index contributed by atoms with van der Waals surface area (Å²) in [4.78, 5) is 0. The summed E-state index contributed by atoms with van der Waals surface area (Å²) in [6.07, 6.45) is 3.80. The maximum Gasteiger partial charge on any atom is 0.0825 e. The van der Waals surface area contributed by atoms with Crippen LogP contribution >= 0.6 is 0 Å². The van der Waals surface area contributed by atoms with Crippen LogP contribution in [0.5, 0.6) is 0 Å². The first-order valence-corrected chi connectivity index (χ1v) is 5.01. The first-order valence-electron chi connectivity index (χ1n) is 5.01. The van der Waals surface area contributed by atoms with E-state index in [1.165, 1.54) is 24.9 Å². The van der Waals surface area contributed by atoms with Gasteiger partial charge in [0.15, 0.2) is 0 Å². The molecule has 0 saturated carbocycles. The highest BCUT2D eigenvalue weighted by atomic mass is 15.1. The van der Waals surface area contributed by atoms with Crippen LogP contribution in [-0.4, -0.2) is 16.7 Å². The van der Waals surface area contributed by atoms with Gasteiger partial charge in [-0.1, -0.05) is 19.8 Å². The Bertz CT molecular complexity index is 233. The Kier molecular flexibility index (Phi) is 3.80. The van der Waals surface area contributed by atoms with Crippen molar-refractivity contribution in [1.29, 1.82) is 0 Å². The van der Waals surface area contributed by atoms with E-state index in [9.17, 15) is 0 Å². The van der Waals surface area contributed by atoms with E-state index in [4.69, 9.17) is 0 Å². The molecule has 3 heteroatoms. The highest BCUT2D eigenvalue weighted by molar-refractivity contribution is 5.51. The Morgan fingerprint density at radius 1 is 1.31 bits per heavy atom. The molecule has 0 atom stereocenters. The number of nitrogens with zero attached hydrogens (tertiary/aromatic N) is 1. The van der Waals surface area contributed by atoms with Crippen LogP contribution in [0.4, 0.5) is 5.69 Å².